The van der Waals surface area contributed by atoms with Gasteiger partial charge in [-0.15, -0.1) is 11.3 Å². The molecule has 0 aliphatic heterocycles. The molecule has 3 aromatic rings. The van der Waals surface area contributed by atoms with Gasteiger partial charge in [0.15, 0.2) is 0 Å². The first-order valence-electron chi connectivity index (χ1n) is 6.49. The number of hydrogen-bond acceptors (Lipinski definition) is 3. The molecule has 1 atom stereocenters. The summed E-state index contributed by atoms with van der Waals surface area (Å²) in [6.07, 6.45) is -0.624. The number of aryl methyl sites for hydroxylation is 1. The second-order valence-corrected chi connectivity index (χ2v) is 5.73. The third-order valence-corrected chi connectivity index (χ3v) is 4.54. The molecule has 0 radical (unpaired) electrons. The van der Waals surface area contributed by atoms with E-state index in [1.54, 1.807) is 18.4 Å². The Morgan fingerprint density at radius 1 is 1.15 bits per heavy atom. The summed E-state index contributed by atoms with van der Waals surface area (Å²) in [5.74, 6) is 0.807. The molecule has 0 spiro atoms. The number of thiophene rings is 1. The number of benzene rings is 2. The molecule has 0 fully saturated rings. The minimum atomic E-state index is -0.624. The van der Waals surface area contributed by atoms with Crippen LogP contribution in [0.15, 0.2) is 47.8 Å². The maximum atomic E-state index is 10.6. The molecule has 0 amide bonds. The standard InChI is InChI=1S/C17H16O2S/c1-11-7-8-12(9-15(11)19-2)17(18)14-10-20-16-6-4-3-5-13(14)16/h3-10,17-18H,1-2H3. The summed E-state index contributed by atoms with van der Waals surface area (Å²) < 4.78 is 6.53. The third-order valence-electron chi connectivity index (χ3n) is 3.55. The summed E-state index contributed by atoms with van der Waals surface area (Å²) in [5, 5.41) is 13.8. The van der Waals surface area contributed by atoms with Crippen LogP contribution < -0.4 is 4.74 Å². The van der Waals surface area contributed by atoms with Crippen LogP contribution in [0.1, 0.15) is 22.8 Å². The first kappa shape index (κ1) is 13.2. The van der Waals surface area contributed by atoms with Crippen molar-refractivity contribution in [2.75, 3.05) is 7.11 Å². The fourth-order valence-electron chi connectivity index (χ4n) is 2.40. The van der Waals surface area contributed by atoms with E-state index in [0.29, 0.717) is 0 Å². The van der Waals surface area contributed by atoms with Gasteiger partial charge in [-0.1, -0.05) is 30.3 Å². The molecule has 0 bridgehead atoms. The Hall–Kier alpha value is -1.84. The van der Waals surface area contributed by atoms with E-state index in [-0.39, 0.29) is 0 Å². The summed E-state index contributed by atoms with van der Waals surface area (Å²) in [6, 6.07) is 14.0. The lowest BCUT2D eigenvalue weighted by Crippen LogP contribution is -2.00. The lowest BCUT2D eigenvalue weighted by molar-refractivity contribution is 0.221. The topological polar surface area (TPSA) is 29.5 Å². The molecule has 0 saturated heterocycles. The van der Waals surface area contributed by atoms with Crippen LogP contribution in [-0.2, 0) is 0 Å². The van der Waals surface area contributed by atoms with Crippen molar-refractivity contribution < 1.29 is 9.84 Å². The number of fused-ring (bicyclic) bond motifs is 1. The Balaban J connectivity index is 2.06. The van der Waals surface area contributed by atoms with Gasteiger partial charge >= 0.3 is 0 Å². The molecule has 20 heavy (non-hydrogen) atoms. The Labute approximate surface area is 122 Å². The second-order valence-electron chi connectivity index (χ2n) is 4.82. The van der Waals surface area contributed by atoms with E-state index >= 15 is 0 Å². The molecule has 1 heterocycles. The SMILES string of the molecule is COc1cc(C(O)c2csc3ccccc23)ccc1C. The smallest absolute Gasteiger partial charge is 0.122 e. The Bertz CT molecular complexity index is 746. The molecular formula is C17H16O2S. The number of hydrogen-bond donors (Lipinski definition) is 1. The zero-order valence-electron chi connectivity index (χ0n) is 11.5. The molecule has 0 aliphatic rings. The minimum Gasteiger partial charge on any atom is -0.496 e. The van der Waals surface area contributed by atoms with Gasteiger partial charge in [-0.25, -0.2) is 0 Å². The normalized spacial score (nSPS) is 12.6. The van der Waals surface area contributed by atoms with Gasteiger partial charge in [-0.2, -0.15) is 0 Å². The molecule has 2 nitrogen and oxygen atoms in total. The first-order chi connectivity index (χ1) is 9.70. The van der Waals surface area contributed by atoms with Crippen molar-refractivity contribution in [1.29, 1.82) is 0 Å². The van der Waals surface area contributed by atoms with Crippen molar-refractivity contribution in [2.45, 2.75) is 13.0 Å². The summed E-state index contributed by atoms with van der Waals surface area (Å²) in [5.41, 5.74) is 2.88. The van der Waals surface area contributed by atoms with Crippen LogP contribution in [0.5, 0.6) is 5.75 Å². The van der Waals surface area contributed by atoms with Crippen molar-refractivity contribution in [3.8, 4) is 5.75 Å². The van der Waals surface area contributed by atoms with Crippen molar-refractivity contribution in [1.82, 2.24) is 0 Å². The molecule has 102 valence electrons. The highest BCUT2D eigenvalue weighted by Crippen LogP contribution is 2.34. The zero-order chi connectivity index (χ0) is 14.1. The molecule has 1 N–H and O–H groups in total. The van der Waals surface area contributed by atoms with Gasteiger partial charge < -0.3 is 9.84 Å². The molecule has 3 heteroatoms. The third kappa shape index (κ3) is 2.19. The van der Waals surface area contributed by atoms with Crippen molar-refractivity contribution in [3.63, 3.8) is 0 Å². The predicted molar refractivity (Wildman–Crippen MR) is 83.6 cm³/mol. The first-order valence-corrected chi connectivity index (χ1v) is 7.37. The average Bonchev–Trinajstić information content (AvgIpc) is 2.91. The van der Waals surface area contributed by atoms with Crippen molar-refractivity contribution in [2.24, 2.45) is 0 Å². The lowest BCUT2D eigenvalue weighted by atomic mass is 9.99. The number of rotatable bonds is 3. The highest BCUT2D eigenvalue weighted by Gasteiger charge is 2.16. The second kappa shape index (κ2) is 5.27. The van der Waals surface area contributed by atoms with Crippen LogP contribution in [0.25, 0.3) is 10.1 Å². The van der Waals surface area contributed by atoms with Crippen LogP contribution in [0.2, 0.25) is 0 Å². The summed E-state index contributed by atoms with van der Waals surface area (Å²) >= 11 is 1.66. The fraction of sp³-hybridized carbons (Fsp3) is 0.176. The van der Waals surface area contributed by atoms with E-state index in [0.717, 1.165) is 27.8 Å². The van der Waals surface area contributed by atoms with Crippen molar-refractivity contribution >= 4 is 21.4 Å². The summed E-state index contributed by atoms with van der Waals surface area (Å²) in [4.78, 5) is 0. The fourth-order valence-corrected chi connectivity index (χ4v) is 3.38. The van der Waals surface area contributed by atoms with E-state index in [9.17, 15) is 5.11 Å². The Kier molecular flexibility index (Phi) is 3.47. The molecule has 3 rings (SSSR count). The van der Waals surface area contributed by atoms with Gasteiger partial charge in [0, 0.05) is 10.3 Å². The molecule has 1 unspecified atom stereocenters. The van der Waals surface area contributed by atoms with Gasteiger partial charge in [-0.05, 0) is 40.9 Å². The number of ether oxygens (including phenoxy) is 1. The number of methoxy groups -OCH3 is 1. The maximum absolute atomic E-state index is 10.6. The van der Waals surface area contributed by atoms with Gasteiger partial charge in [-0.3, -0.25) is 0 Å². The quantitative estimate of drug-likeness (QED) is 0.777. The minimum absolute atomic E-state index is 0.624. The number of aliphatic hydroxyl groups excluding tert-OH is 1. The van der Waals surface area contributed by atoms with Crippen LogP contribution in [0.3, 0.4) is 0 Å². The van der Waals surface area contributed by atoms with Gasteiger partial charge in [0.1, 0.15) is 11.9 Å². The molecular weight excluding hydrogens is 268 g/mol. The summed E-state index contributed by atoms with van der Waals surface area (Å²) in [7, 11) is 1.65. The molecule has 2 aromatic carbocycles. The monoisotopic (exact) mass is 284 g/mol. The van der Waals surface area contributed by atoms with E-state index < -0.39 is 6.10 Å². The van der Waals surface area contributed by atoms with Crippen LogP contribution in [-0.4, -0.2) is 12.2 Å². The molecule has 0 aliphatic carbocycles. The average molecular weight is 284 g/mol. The lowest BCUT2D eigenvalue weighted by Gasteiger charge is -2.13. The summed E-state index contributed by atoms with van der Waals surface area (Å²) in [6.45, 7) is 2.00. The van der Waals surface area contributed by atoms with E-state index in [1.165, 1.54) is 4.70 Å². The van der Waals surface area contributed by atoms with E-state index in [4.69, 9.17) is 4.74 Å². The highest BCUT2D eigenvalue weighted by atomic mass is 32.1. The van der Waals surface area contributed by atoms with Gasteiger partial charge in [0.05, 0.1) is 7.11 Å². The Morgan fingerprint density at radius 3 is 2.75 bits per heavy atom. The van der Waals surface area contributed by atoms with E-state index in [1.807, 2.05) is 42.6 Å². The van der Waals surface area contributed by atoms with Crippen LogP contribution >= 0.6 is 11.3 Å². The van der Waals surface area contributed by atoms with Gasteiger partial charge in [0.2, 0.25) is 0 Å². The predicted octanol–water partition coefficient (Wildman–Crippen LogP) is 4.30. The maximum Gasteiger partial charge on any atom is 0.122 e. The van der Waals surface area contributed by atoms with Crippen LogP contribution in [0.4, 0.5) is 0 Å². The zero-order valence-corrected chi connectivity index (χ0v) is 12.3. The molecule has 0 saturated carbocycles. The number of aliphatic hydroxyl groups is 1. The Morgan fingerprint density at radius 2 is 1.95 bits per heavy atom. The highest BCUT2D eigenvalue weighted by molar-refractivity contribution is 7.17. The van der Waals surface area contributed by atoms with Crippen molar-refractivity contribution in [3.05, 3.63) is 64.5 Å². The largest absolute Gasteiger partial charge is 0.496 e. The van der Waals surface area contributed by atoms with Crippen LogP contribution in [0, 0.1) is 6.92 Å². The van der Waals surface area contributed by atoms with Gasteiger partial charge in [0.25, 0.3) is 0 Å². The van der Waals surface area contributed by atoms with E-state index in [2.05, 4.69) is 12.1 Å². The molecule has 1 aromatic heterocycles.